The summed E-state index contributed by atoms with van der Waals surface area (Å²) in [6, 6.07) is 11.6. The van der Waals surface area contributed by atoms with E-state index in [1.807, 2.05) is 31.3 Å². The molecule has 0 N–H and O–H groups in total. The summed E-state index contributed by atoms with van der Waals surface area (Å²) in [4.78, 5) is 8.88. The first-order chi connectivity index (χ1) is 13.5. The van der Waals surface area contributed by atoms with Crippen molar-refractivity contribution >= 4 is 17.1 Å². The van der Waals surface area contributed by atoms with Gasteiger partial charge in [0.05, 0.1) is 17.1 Å². The number of hydrogen-bond acceptors (Lipinski definition) is 4. The fourth-order valence-corrected chi connectivity index (χ4v) is 3.69. The molecule has 0 bridgehead atoms. The summed E-state index contributed by atoms with van der Waals surface area (Å²) in [6.45, 7) is 6.36. The Morgan fingerprint density at radius 3 is 2.39 bits per heavy atom. The van der Waals surface area contributed by atoms with Gasteiger partial charge in [-0.25, -0.2) is 8.78 Å². The van der Waals surface area contributed by atoms with E-state index in [0.29, 0.717) is 5.69 Å². The van der Waals surface area contributed by atoms with E-state index in [1.54, 1.807) is 4.90 Å². The number of nitrogens with zero attached hydrogens (tertiary/aromatic N) is 4. The van der Waals surface area contributed by atoms with Crippen LogP contribution in [0.25, 0.3) is 0 Å². The van der Waals surface area contributed by atoms with E-state index in [2.05, 4.69) is 28.8 Å². The summed E-state index contributed by atoms with van der Waals surface area (Å²) in [5.74, 6) is -1.13. The Hall–Kier alpha value is -2.18. The van der Waals surface area contributed by atoms with Gasteiger partial charge < -0.3 is 19.6 Å². The number of rotatable bonds is 6. The Morgan fingerprint density at radius 2 is 1.64 bits per heavy atom. The van der Waals surface area contributed by atoms with Gasteiger partial charge in [-0.1, -0.05) is 12.1 Å². The Bertz CT molecular complexity index is 783. The van der Waals surface area contributed by atoms with Crippen LogP contribution in [0.15, 0.2) is 42.5 Å². The Labute approximate surface area is 167 Å². The molecular formula is C22H30F2N4. The predicted molar refractivity (Wildman–Crippen MR) is 113 cm³/mol. The largest absolute Gasteiger partial charge is 0.372 e. The zero-order chi connectivity index (χ0) is 20.1. The minimum atomic E-state index is -0.567. The van der Waals surface area contributed by atoms with Crippen LogP contribution in [0.4, 0.5) is 25.8 Å². The highest BCUT2D eigenvalue weighted by Gasteiger charge is 2.17. The summed E-state index contributed by atoms with van der Waals surface area (Å²) in [5.41, 5.74) is 2.28. The quantitative estimate of drug-likeness (QED) is 0.746. The molecule has 1 aliphatic rings. The summed E-state index contributed by atoms with van der Waals surface area (Å²) in [7, 11) is 6.06. The third-order valence-electron chi connectivity index (χ3n) is 5.49. The number of anilines is 3. The highest BCUT2D eigenvalue weighted by atomic mass is 19.1. The summed E-state index contributed by atoms with van der Waals surface area (Å²) >= 11 is 0. The molecule has 6 heteroatoms. The molecule has 0 aromatic heterocycles. The first kappa shape index (κ1) is 20.6. The molecule has 1 fully saturated rings. The SMILES string of the molecule is CN1CCCN(CCN(C)c2ccccc2N(C)c2ccc(F)cc2F)CC1. The van der Waals surface area contributed by atoms with Gasteiger partial charge in [-0.05, 0) is 50.8 Å². The topological polar surface area (TPSA) is 13.0 Å². The average Bonchev–Trinajstić information content (AvgIpc) is 2.90. The second kappa shape index (κ2) is 9.34. The van der Waals surface area contributed by atoms with Gasteiger partial charge in [0.15, 0.2) is 0 Å². The predicted octanol–water partition coefficient (Wildman–Crippen LogP) is 3.81. The molecule has 152 valence electrons. The molecule has 4 nitrogen and oxygen atoms in total. The van der Waals surface area contributed by atoms with Crippen LogP contribution < -0.4 is 9.80 Å². The molecule has 2 aromatic rings. The van der Waals surface area contributed by atoms with Crippen LogP contribution in [0.3, 0.4) is 0 Å². The van der Waals surface area contributed by atoms with Gasteiger partial charge in [-0.2, -0.15) is 0 Å². The van der Waals surface area contributed by atoms with Crippen molar-refractivity contribution in [1.29, 1.82) is 0 Å². The summed E-state index contributed by atoms with van der Waals surface area (Å²) in [6.07, 6.45) is 1.20. The Balaban J connectivity index is 1.72. The molecule has 0 unspecified atom stereocenters. The smallest absolute Gasteiger partial charge is 0.149 e. The minimum absolute atomic E-state index is 0.359. The molecule has 0 radical (unpaired) electrons. The highest BCUT2D eigenvalue weighted by molar-refractivity contribution is 5.76. The second-order valence-corrected chi connectivity index (χ2v) is 7.56. The molecule has 2 aromatic carbocycles. The van der Waals surface area contributed by atoms with Crippen LogP contribution in [0, 0.1) is 11.6 Å². The number of benzene rings is 2. The van der Waals surface area contributed by atoms with Crippen molar-refractivity contribution in [3.05, 3.63) is 54.1 Å². The van der Waals surface area contributed by atoms with Gasteiger partial charge in [0.2, 0.25) is 0 Å². The van der Waals surface area contributed by atoms with Crippen molar-refractivity contribution < 1.29 is 8.78 Å². The van der Waals surface area contributed by atoms with E-state index in [4.69, 9.17) is 0 Å². The molecule has 0 spiro atoms. The molecule has 3 rings (SSSR count). The average molecular weight is 389 g/mol. The summed E-state index contributed by atoms with van der Waals surface area (Å²) in [5, 5.41) is 0. The maximum atomic E-state index is 14.3. The van der Waals surface area contributed by atoms with E-state index in [1.165, 1.54) is 18.6 Å². The lowest BCUT2D eigenvalue weighted by Crippen LogP contribution is -2.36. The van der Waals surface area contributed by atoms with Crippen LogP contribution in [-0.4, -0.2) is 70.2 Å². The van der Waals surface area contributed by atoms with E-state index in [9.17, 15) is 8.78 Å². The van der Waals surface area contributed by atoms with Crippen molar-refractivity contribution in [2.45, 2.75) is 6.42 Å². The third kappa shape index (κ3) is 5.00. The first-order valence-electron chi connectivity index (χ1n) is 9.85. The van der Waals surface area contributed by atoms with Gasteiger partial charge >= 0.3 is 0 Å². The van der Waals surface area contributed by atoms with E-state index < -0.39 is 11.6 Å². The molecule has 0 amide bonds. The molecule has 0 atom stereocenters. The maximum Gasteiger partial charge on any atom is 0.149 e. The van der Waals surface area contributed by atoms with Crippen LogP contribution >= 0.6 is 0 Å². The third-order valence-corrected chi connectivity index (χ3v) is 5.49. The maximum absolute atomic E-state index is 14.3. The Kier molecular flexibility index (Phi) is 6.86. The van der Waals surface area contributed by atoms with Crippen molar-refractivity contribution in [3.63, 3.8) is 0 Å². The van der Waals surface area contributed by atoms with Crippen LogP contribution in [0.1, 0.15) is 6.42 Å². The molecular weight excluding hydrogens is 358 g/mol. The standard InChI is InChI=1S/C22H30F2N4/c1-25-11-6-12-28(15-13-25)16-14-26(2)21-7-4-5-8-22(21)27(3)20-10-9-18(23)17-19(20)24/h4-5,7-10,17H,6,11-16H2,1-3H3. The zero-order valence-electron chi connectivity index (χ0n) is 17.0. The fourth-order valence-electron chi connectivity index (χ4n) is 3.69. The number of likely N-dealkylation sites (N-methyl/N-ethyl adjacent to an activating group) is 2. The van der Waals surface area contributed by atoms with Crippen molar-refractivity contribution in [2.75, 3.05) is 70.2 Å². The number of para-hydroxylation sites is 2. The summed E-state index contributed by atoms with van der Waals surface area (Å²) < 4.78 is 27.6. The normalized spacial score (nSPS) is 16.0. The molecule has 1 aliphatic heterocycles. The number of halogens is 2. The van der Waals surface area contributed by atoms with Crippen molar-refractivity contribution in [1.82, 2.24) is 9.80 Å². The minimum Gasteiger partial charge on any atom is -0.372 e. The lowest BCUT2D eigenvalue weighted by molar-refractivity contribution is 0.282. The van der Waals surface area contributed by atoms with Gasteiger partial charge in [0.25, 0.3) is 0 Å². The molecule has 1 heterocycles. The number of hydrogen-bond donors (Lipinski definition) is 0. The van der Waals surface area contributed by atoms with Crippen molar-refractivity contribution in [2.24, 2.45) is 0 Å². The lowest BCUT2D eigenvalue weighted by Gasteiger charge is -2.30. The zero-order valence-corrected chi connectivity index (χ0v) is 17.0. The molecule has 28 heavy (non-hydrogen) atoms. The van der Waals surface area contributed by atoms with Gasteiger partial charge in [0.1, 0.15) is 11.6 Å². The lowest BCUT2D eigenvalue weighted by atomic mass is 10.2. The monoisotopic (exact) mass is 388 g/mol. The fraction of sp³-hybridized carbons (Fsp3) is 0.455. The van der Waals surface area contributed by atoms with Crippen molar-refractivity contribution in [3.8, 4) is 0 Å². The first-order valence-corrected chi connectivity index (χ1v) is 9.85. The second-order valence-electron chi connectivity index (χ2n) is 7.56. The van der Waals surface area contributed by atoms with Crippen LogP contribution in [-0.2, 0) is 0 Å². The molecule has 0 saturated carbocycles. The van der Waals surface area contributed by atoms with E-state index in [-0.39, 0.29) is 0 Å². The van der Waals surface area contributed by atoms with Crippen LogP contribution in [0.2, 0.25) is 0 Å². The molecule has 1 saturated heterocycles. The molecule has 0 aliphatic carbocycles. The Morgan fingerprint density at radius 1 is 0.893 bits per heavy atom. The van der Waals surface area contributed by atoms with Gasteiger partial charge in [-0.3, -0.25) is 0 Å². The van der Waals surface area contributed by atoms with Gasteiger partial charge in [0, 0.05) is 46.3 Å². The van der Waals surface area contributed by atoms with E-state index in [0.717, 1.165) is 56.7 Å². The highest BCUT2D eigenvalue weighted by Crippen LogP contribution is 2.34. The van der Waals surface area contributed by atoms with Crippen LogP contribution in [0.5, 0.6) is 0 Å². The van der Waals surface area contributed by atoms with Gasteiger partial charge in [-0.15, -0.1) is 0 Å². The van der Waals surface area contributed by atoms with E-state index >= 15 is 0 Å².